The Morgan fingerprint density at radius 1 is 0.278 bits per heavy atom. The fourth-order valence-corrected chi connectivity index (χ4v) is 9.04. The van der Waals surface area contributed by atoms with E-state index in [4.69, 9.17) is 8.83 Å². The summed E-state index contributed by atoms with van der Waals surface area (Å²) in [6, 6.07) is 65.8. The van der Waals surface area contributed by atoms with E-state index in [-0.39, 0.29) is 0 Å². The SMILES string of the molecule is c1cc(-c2c3ccccc3c(-c3ccc4ccccc4c3)c3ccccc23)cc(-c2cc3c4ccc5oc6ccccc6c5c4oc3c3ccccc23)c1. The molecule has 12 rings (SSSR count). The minimum Gasteiger partial charge on any atom is -0.456 e. The van der Waals surface area contributed by atoms with Gasteiger partial charge in [0.05, 0.1) is 5.39 Å². The monoisotopic (exact) mass is 686 g/mol. The van der Waals surface area contributed by atoms with Crippen molar-refractivity contribution in [2.24, 2.45) is 0 Å². The maximum atomic E-state index is 6.84. The van der Waals surface area contributed by atoms with E-state index in [0.717, 1.165) is 54.6 Å². The summed E-state index contributed by atoms with van der Waals surface area (Å²) in [6.45, 7) is 0. The molecule has 0 unspecified atom stereocenters. The van der Waals surface area contributed by atoms with Gasteiger partial charge in [0.1, 0.15) is 22.3 Å². The van der Waals surface area contributed by atoms with Gasteiger partial charge in [-0.15, -0.1) is 0 Å². The molecule has 0 spiro atoms. The predicted octanol–water partition coefficient (Wildman–Crippen LogP) is 15.1. The van der Waals surface area contributed by atoms with Crippen LogP contribution in [0.25, 0.3) is 120 Å². The van der Waals surface area contributed by atoms with E-state index in [1.807, 2.05) is 12.1 Å². The van der Waals surface area contributed by atoms with Gasteiger partial charge in [-0.05, 0) is 107 Å². The van der Waals surface area contributed by atoms with Crippen molar-refractivity contribution in [3.05, 3.63) is 182 Å². The van der Waals surface area contributed by atoms with Gasteiger partial charge in [-0.25, -0.2) is 0 Å². The van der Waals surface area contributed by atoms with Crippen molar-refractivity contribution >= 4 is 87.0 Å². The van der Waals surface area contributed by atoms with Crippen molar-refractivity contribution in [3.8, 4) is 33.4 Å². The van der Waals surface area contributed by atoms with E-state index in [2.05, 4.69) is 170 Å². The average Bonchev–Trinajstić information content (AvgIpc) is 3.81. The Hall–Kier alpha value is -7.16. The highest BCUT2D eigenvalue weighted by Crippen LogP contribution is 2.47. The molecular weight excluding hydrogens is 657 g/mol. The molecule has 0 fully saturated rings. The molecule has 0 N–H and O–H groups in total. The molecular formula is C52H30O2. The first-order chi connectivity index (χ1) is 26.8. The Kier molecular flexibility index (Phi) is 6.09. The summed E-state index contributed by atoms with van der Waals surface area (Å²) in [5.41, 5.74) is 10.8. The third-order valence-corrected chi connectivity index (χ3v) is 11.4. The zero-order valence-corrected chi connectivity index (χ0v) is 29.1. The predicted molar refractivity (Wildman–Crippen MR) is 227 cm³/mol. The van der Waals surface area contributed by atoms with Crippen LogP contribution in [0.5, 0.6) is 0 Å². The first-order valence-electron chi connectivity index (χ1n) is 18.5. The van der Waals surface area contributed by atoms with Gasteiger partial charge < -0.3 is 8.83 Å². The van der Waals surface area contributed by atoms with Crippen molar-refractivity contribution in [3.63, 3.8) is 0 Å². The minimum atomic E-state index is 0.839. The number of fused-ring (bicyclic) bond motifs is 12. The summed E-state index contributed by atoms with van der Waals surface area (Å²) in [5.74, 6) is 0. The van der Waals surface area contributed by atoms with Gasteiger partial charge in [0, 0.05) is 21.5 Å². The minimum absolute atomic E-state index is 0.839. The highest BCUT2D eigenvalue weighted by atomic mass is 16.3. The maximum Gasteiger partial charge on any atom is 0.147 e. The van der Waals surface area contributed by atoms with Gasteiger partial charge >= 0.3 is 0 Å². The number of benzene rings is 10. The highest BCUT2D eigenvalue weighted by Gasteiger charge is 2.21. The van der Waals surface area contributed by atoms with Crippen molar-refractivity contribution in [2.75, 3.05) is 0 Å². The first kappa shape index (κ1) is 29.4. The quantitative estimate of drug-likeness (QED) is 0.173. The molecule has 2 heteroatoms. The Morgan fingerprint density at radius 3 is 1.59 bits per heavy atom. The van der Waals surface area contributed by atoms with E-state index in [1.54, 1.807) is 0 Å². The molecule has 0 radical (unpaired) electrons. The van der Waals surface area contributed by atoms with E-state index in [9.17, 15) is 0 Å². The summed E-state index contributed by atoms with van der Waals surface area (Å²) in [5, 5.41) is 14.0. The lowest BCUT2D eigenvalue weighted by Gasteiger charge is -2.18. The number of furan rings is 2. The fourth-order valence-electron chi connectivity index (χ4n) is 9.04. The summed E-state index contributed by atoms with van der Waals surface area (Å²) < 4.78 is 13.1. The number of hydrogen-bond acceptors (Lipinski definition) is 2. The second-order valence-corrected chi connectivity index (χ2v) is 14.3. The van der Waals surface area contributed by atoms with Crippen LogP contribution in [0.4, 0.5) is 0 Å². The molecule has 250 valence electrons. The number of rotatable bonds is 3. The summed E-state index contributed by atoms with van der Waals surface area (Å²) >= 11 is 0. The largest absolute Gasteiger partial charge is 0.456 e. The van der Waals surface area contributed by atoms with Crippen molar-refractivity contribution in [1.29, 1.82) is 0 Å². The van der Waals surface area contributed by atoms with Crippen LogP contribution in [0.1, 0.15) is 0 Å². The molecule has 2 nitrogen and oxygen atoms in total. The van der Waals surface area contributed by atoms with Crippen LogP contribution in [0.15, 0.2) is 191 Å². The Balaban J connectivity index is 1.11. The number of para-hydroxylation sites is 1. The first-order valence-corrected chi connectivity index (χ1v) is 18.5. The van der Waals surface area contributed by atoms with E-state index < -0.39 is 0 Å². The lowest BCUT2D eigenvalue weighted by Crippen LogP contribution is -1.91. The Bertz CT molecular complexity index is 3450. The van der Waals surface area contributed by atoms with Gasteiger partial charge in [0.25, 0.3) is 0 Å². The van der Waals surface area contributed by atoms with E-state index in [0.29, 0.717) is 0 Å². The van der Waals surface area contributed by atoms with E-state index >= 15 is 0 Å². The molecule has 0 saturated heterocycles. The van der Waals surface area contributed by atoms with Gasteiger partial charge in [-0.2, -0.15) is 0 Å². The molecule has 2 aromatic heterocycles. The fraction of sp³-hybridized carbons (Fsp3) is 0. The van der Waals surface area contributed by atoms with Gasteiger partial charge in [0.2, 0.25) is 0 Å². The van der Waals surface area contributed by atoms with Crippen LogP contribution in [-0.2, 0) is 0 Å². The van der Waals surface area contributed by atoms with Crippen LogP contribution >= 0.6 is 0 Å². The smallest absolute Gasteiger partial charge is 0.147 e. The third kappa shape index (κ3) is 4.17. The highest BCUT2D eigenvalue weighted by molar-refractivity contribution is 6.26. The van der Waals surface area contributed by atoms with Crippen molar-refractivity contribution < 1.29 is 8.83 Å². The molecule has 0 atom stereocenters. The van der Waals surface area contributed by atoms with Gasteiger partial charge in [-0.3, -0.25) is 0 Å². The molecule has 0 aliphatic heterocycles. The zero-order chi connectivity index (χ0) is 35.3. The van der Waals surface area contributed by atoms with E-state index in [1.165, 1.54) is 65.7 Å². The van der Waals surface area contributed by atoms with Crippen LogP contribution in [0, 0.1) is 0 Å². The third-order valence-electron chi connectivity index (χ3n) is 11.4. The second-order valence-electron chi connectivity index (χ2n) is 14.3. The normalized spacial score (nSPS) is 12.1. The molecule has 2 heterocycles. The van der Waals surface area contributed by atoms with Crippen LogP contribution < -0.4 is 0 Å². The number of hydrogen-bond donors (Lipinski definition) is 0. The molecule has 12 aromatic rings. The van der Waals surface area contributed by atoms with Crippen molar-refractivity contribution in [1.82, 2.24) is 0 Å². The lowest BCUT2D eigenvalue weighted by molar-refractivity contribution is 0.664. The Morgan fingerprint density at radius 2 is 0.852 bits per heavy atom. The maximum absolute atomic E-state index is 6.84. The van der Waals surface area contributed by atoms with Gasteiger partial charge in [-0.1, -0.05) is 146 Å². The summed E-state index contributed by atoms with van der Waals surface area (Å²) in [4.78, 5) is 0. The molecule has 0 aliphatic rings. The summed E-state index contributed by atoms with van der Waals surface area (Å²) in [7, 11) is 0. The lowest BCUT2D eigenvalue weighted by atomic mass is 9.85. The molecule has 0 aliphatic carbocycles. The van der Waals surface area contributed by atoms with Crippen LogP contribution in [-0.4, -0.2) is 0 Å². The average molecular weight is 687 g/mol. The Labute approximate surface area is 310 Å². The molecule has 54 heavy (non-hydrogen) atoms. The zero-order valence-electron chi connectivity index (χ0n) is 29.1. The van der Waals surface area contributed by atoms with Crippen LogP contribution in [0.3, 0.4) is 0 Å². The van der Waals surface area contributed by atoms with Crippen LogP contribution in [0.2, 0.25) is 0 Å². The molecule has 0 bridgehead atoms. The summed E-state index contributed by atoms with van der Waals surface area (Å²) in [6.07, 6.45) is 0. The topological polar surface area (TPSA) is 26.3 Å². The second kappa shape index (κ2) is 11.2. The molecule has 10 aromatic carbocycles. The molecule has 0 amide bonds. The molecule has 0 saturated carbocycles. The van der Waals surface area contributed by atoms with Gasteiger partial charge in [0.15, 0.2) is 0 Å². The van der Waals surface area contributed by atoms with Crippen molar-refractivity contribution in [2.45, 2.75) is 0 Å². The standard InChI is InChI=1S/C52H30O2/c1-2-13-32-28-35(25-24-31(32)12-1)49-39-19-6-4-17-37(39)48(38-18-5-7-20-40(38)49)34-15-11-14-33(29-34)44-30-45-42-26-27-47-50(43-22-9-10-23-46(43)53-47)52(42)54-51(45)41-21-8-3-16-36(41)44/h1-30H.